The van der Waals surface area contributed by atoms with E-state index < -0.39 is 0 Å². The van der Waals surface area contributed by atoms with Gasteiger partial charge in [-0.25, -0.2) is 9.67 Å². The molecular weight excluding hydrogens is 346 g/mol. The van der Waals surface area contributed by atoms with Crippen molar-refractivity contribution < 1.29 is 9.90 Å². The molecule has 1 aliphatic heterocycles. The molecule has 0 saturated carbocycles. The number of nitrogens with zero attached hydrogens (tertiary/aromatic N) is 3. The van der Waals surface area contributed by atoms with Crippen LogP contribution >= 0.6 is 11.8 Å². The molecule has 3 aromatic rings. The Hall–Kier alpha value is -2.44. The fourth-order valence-corrected chi connectivity index (χ4v) is 4.03. The van der Waals surface area contributed by atoms with Gasteiger partial charge in [0.25, 0.3) is 0 Å². The average molecular weight is 365 g/mol. The van der Waals surface area contributed by atoms with E-state index in [1.807, 2.05) is 24.4 Å². The summed E-state index contributed by atoms with van der Waals surface area (Å²) in [6.45, 7) is 2.24. The predicted octanol–water partition coefficient (Wildman–Crippen LogP) is 3.13. The molecule has 6 heteroatoms. The number of aliphatic hydroxyl groups excluding tert-OH is 1. The van der Waals surface area contributed by atoms with Gasteiger partial charge in [0.05, 0.1) is 5.69 Å². The van der Waals surface area contributed by atoms with Gasteiger partial charge in [-0.3, -0.25) is 4.79 Å². The molecule has 0 amide bonds. The largest absolute Gasteiger partial charge is 0.396 e. The molecule has 1 atom stereocenters. The Kier molecular flexibility index (Phi) is 4.61. The first kappa shape index (κ1) is 17.0. The number of hydrogen-bond acceptors (Lipinski definition) is 5. The summed E-state index contributed by atoms with van der Waals surface area (Å²) in [6.07, 6.45) is 4.81. The maximum atomic E-state index is 11.6. The van der Waals surface area contributed by atoms with Gasteiger partial charge in [0.2, 0.25) is 0 Å². The van der Waals surface area contributed by atoms with Gasteiger partial charge < -0.3 is 5.11 Å². The summed E-state index contributed by atoms with van der Waals surface area (Å²) in [4.78, 5) is 17.1. The Bertz CT molecular complexity index is 950. The van der Waals surface area contributed by atoms with Crippen molar-refractivity contribution in [2.45, 2.75) is 30.6 Å². The zero-order chi connectivity index (χ0) is 18.1. The molecule has 132 valence electrons. The topological polar surface area (TPSA) is 68.0 Å². The average Bonchev–Trinajstić information content (AvgIpc) is 3.27. The third kappa shape index (κ3) is 3.30. The number of thioether (sulfide) groups is 1. The van der Waals surface area contributed by atoms with Gasteiger partial charge in [-0.1, -0.05) is 36.9 Å². The first-order valence-corrected chi connectivity index (χ1v) is 9.41. The van der Waals surface area contributed by atoms with E-state index in [2.05, 4.69) is 35.2 Å². The number of aromatic nitrogens is 3. The number of carbonyl (C=O) groups is 1. The normalized spacial score (nSPS) is 14.5. The quantitative estimate of drug-likeness (QED) is 0.752. The maximum absolute atomic E-state index is 11.6. The van der Waals surface area contributed by atoms with E-state index in [-0.39, 0.29) is 17.6 Å². The van der Waals surface area contributed by atoms with E-state index in [0.717, 1.165) is 33.1 Å². The van der Waals surface area contributed by atoms with Crippen molar-refractivity contribution in [3.05, 3.63) is 71.2 Å². The molecule has 0 fully saturated rings. The van der Waals surface area contributed by atoms with Crippen molar-refractivity contribution in [2.24, 2.45) is 0 Å². The molecule has 0 spiro atoms. The van der Waals surface area contributed by atoms with Crippen molar-refractivity contribution in [2.75, 3.05) is 6.61 Å². The molecule has 0 radical (unpaired) electrons. The summed E-state index contributed by atoms with van der Waals surface area (Å²) in [6, 6.07) is 12.1. The van der Waals surface area contributed by atoms with Crippen LogP contribution in [0.25, 0.3) is 5.82 Å². The minimum atomic E-state index is 0.120. The molecule has 0 bridgehead atoms. The van der Waals surface area contributed by atoms with Crippen molar-refractivity contribution in [3.8, 4) is 5.82 Å². The zero-order valence-corrected chi connectivity index (χ0v) is 15.2. The molecule has 3 heterocycles. The zero-order valence-electron chi connectivity index (χ0n) is 14.4. The highest BCUT2D eigenvalue weighted by Crippen LogP contribution is 2.35. The molecule has 1 unspecified atom stereocenters. The van der Waals surface area contributed by atoms with Crippen LogP contribution in [0.5, 0.6) is 0 Å². The van der Waals surface area contributed by atoms with E-state index in [0.29, 0.717) is 12.8 Å². The summed E-state index contributed by atoms with van der Waals surface area (Å²) in [5, 5.41) is 13.9. The van der Waals surface area contributed by atoms with Crippen LogP contribution in [0.2, 0.25) is 0 Å². The summed E-state index contributed by atoms with van der Waals surface area (Å²) in [5.74, 6) is 0.881. The van der Waals surface area contributed by atoms with Gasteiger partial charge >= 0.3 is 0 Å². The molecule has 4 rings (SSSR count). The number of carbonyl (C=O) groups excluding carboxylic acids is 1. The summed E-state index contributed by atoms with van der Waals surface area (Å²) >= 11 is 1.33. The van der Waals surface area contributed by atoms with Gasteiger partial charge in [0.15, 0.2) is 10.9 Å². The fourth-order valence-electron chi connectivity index (χ4n) is 3.09. The van der Waals surface area contributed by atoms with Gasteiger partial charge in [0, 0.05) is 36.2 Å². The van der Waals surface area contributed by atoms with Gasteiger partial charge in [0.1, 0.15) is 0 Å². The highest BCUT2D eigenvalue weighted by Gasteiger charge is 2.21. The fraction of sp³-hybridized carbons (Fsp3) is 0.250. The van der Waals surface area contributed by atoms with Crippen molar-refractivity contribution >= 4 is 16.9 Å². The number of benzene rings is 1. The lowest BCUT2D eigenvalue weighted by atomic mass is 9.96. The Morgan fingerprint density at radius 2 is 2.15 bits per heavy atom. The van der Waals surface area contributed by atoms with E-state index >= 15 is 0 Å². The minimum absolute atomic E-state index is 0.120. The van der Waals surface area contributed by atoms with Gasteiger partial charge in [-0.2, -0.15) is 5.10 Å². The highest BCUT2D eigenvalue weighted by atomic mass is 32.2. The van der Waals surface area contributed by atoms with Crippen LogP contribution in [0.1, 0.15) is 35.2 Å². The second-order valence-corrected chi connectivity index (χ2v) is 7.52. The SMILES string of the molecule is CC(c1ccc2c(c1)SC(=O)C2)c1ccn(-c2ccc(CCO)cn2)n1. The van der Waals surface area contributed by atoms with Crippen molar-refractivity contribution in [3.63, 3.8) is 0 Å². The highest BCUT2D eigenvalue weighted by molar-refractivity contribution is 8.14. The molecule has 5 nitrogen and oxygen atoms in total. The molecule has 0 saturated heterocycles. The number of rotatable bonds is 5. The van der Waals surface area contributed by atoms with Gasteiger partial charge in [-0.05, 0) is 41.3 Å². The first-order chi connectivity index (χ1) is 12.6. The molecule has 2 aromatic heterocycles. The molecule has 26 heavy (non-hydrogen) atoms. The first-order valence-electron chi connectivity index (χ1n) is 8.59. The van der Waals surface area contributed by atoms with E-state index in [1.165, 1.54) is 11.8 Å². The standard InChI is InChI=1S/C20H19N3O2S/c1-13(15-3-4-16-11-20(25)26-18(16)10-15)17-6-8-23(22-17)19-5-2-14(7-9-24)12-21-19/h2-6,8,10,12-13,24H,7,9,11H2,1H3. The van der Waals surface area contributed by atoms with Crippen LogP contribution in [0.4, 0.5) is 0 Å². The Balaban J connectivity index is 1.56. The van der Waals surface area contributed by atoms with E-state index in [1.54, 1.807) is 10.9 Å². The number of aliphatic hydroxyl groups is 1. The number of pyridine rings is 1. The van der Waals surface area contributed by atoms with Crippen molar-refractivity contribution in [1.29, 1.82) is 0 Å². The van der Waals surface area contributed by atoms with Crippen LogP contribution in [-0.2, 0) is 17.6 Å². The van der Waals surface area contributed by atoms with Gasteiger partial charge in [-0.15, -0.1) is 0 Å². The smallest absolute Gasteiger partial charge is 0.198 e. The molecule has 1 aliphatic rings. The minimum Gasteiger partial charge on any atom is -0.396 e. The Morgan fingerprint density at radius 1 is 1.27 bits per heavy atom. The third-order valence-corrected chi connectivity index (χ3v) is 5.62. The predicted molar refractivity (Wildman–Crippen MR) is 101 cm³/mol. The number of fused-ring (bicyclic) bond motifs is 1. The van der Waals surface area contributed by atoms with E-state index in [4.69, 9.17) is 5.11 Å². The second kappa shape index (κ2) is 7.05. The van der Waals surface area contributed by atoms with Crippen LogP contribution in [0.3, 0.4) is 0 Å². The van der Waals surface area contributed by atoms with Crippen LogP contribution < -0.4 is 0 Å². The monoisotopic (exact) mass is 365 g/mol. The summed E-state index contributed by atoms with van der Waals surface area (Å²) < 4.78 is 1.76. The Labute approximate surface area is 156 Å². The summed E-state index contributed by atoms with van der Waals surface area (Å²) in [7, 11) is 0. The lowest BCUT2D eigenvalue weighted by molar-refractivity contribution is -0.110. The van der Waals surface area contributed by atoms with Crippen LogP contribution in [-0.4, -0.2) is 31.6 Å². The number of hydrogen-bond donors (Lipinski definition) is 1. The molecule has 1 N–H and O–H groups in total. The lowest BCUT2D eigenvalue weighted by Crippen LogP contribution is -2.03. The summed E-state index contributed by atoms with van der Waals surface area (Å²) in [5.41, 5.74) is 4.23. The molecular formula is C20H19N3O2S. The van der Waals surface area contributed by atoms with Crippen molar-refractivity contribution in [1.82, 2.24) is 14.8 Å². The Morgan fingerprint density at radius 3 is 2.92 bits per heavy atom. The third-order valence-electron chi connectivity index (χ3n) is 4.65. The van der Waals surface area contributed by atoms with Crippen LogP contribution in [0.15, 0.2) is 53.7 Å². The molecule has 1 aromatic carbocycles. The maximum Gasteiger partial charge on any atom is 0.198 e. The second-order valence-electron chi connectivity index (χ2n) is 6.42. The molecule has 0 aliphatic carbocycles. The van der Waals surface area contributed by atoms with Crippen LogP contribution in [0, 0.1) is 0 Å². The lowest BCUT2D eigenvalue weighted by Gasteiger charge is -2.10. The van der Waals surface area contributed by atoms with E-state index in [9.17, 15) is 4.79 Å².